The lowest BCUT2D eigenvalue weighted by atomic mass is 10.1. The second-order valence-corrected chi connectivity index (χ2v) is 9.04. The van der Waals surface area contributed by atoms with E-state index < -0.39 is 18.4 Å². The van der Waals surface area contributed by atoms with Gasteiger partial charge in [0.25, 0.3) is 0 Å². The fourth-order valence-corrected chi connectivity index (χ4v) is 4.60. The van der Waals surface area contributed by atoms with Crippen LogP contribution in [0.3, 0.4) is 0 Å². The Balaban J connectivity index is 1.54. The lowest BCUT2D eigenvalue weighted by Crippen LogP contribution is -2.21. The van der Waals surface area contributed by atoms with Gasteiger partial charge in [-0.25, -0.2) is 14.0 Å². The molecule has 2 aromatic heterocycles. The molecule has 0 aliphatic carbocycles. The van der Waals surface area contributed by atoms with Crippen molar-refractivity contribution in [3.05, 3.63) is 69.7 Å². The van der Waals surface area contributed by atoms with Crippen LogP contribution in [0.25, 0.3) is 10.9 Å². The average Bonchev–Trinajstić information content (AvgIpc) is 3.38. The third-order valence-corrected chi connectivity index (χ3v) is 6.36. The number of aryl methyl sites for hydroxylation is 1. The molecular weight excluding hydrogens is 542 g/mol. The van der Waals surface area contributed by atoms with Gasteiger partial charge in [0.2, 0.25) is 0 Å². The summed E-state index contributed by atoms with van der Waals surface area (Å²) < 4.78 is 57.7. The van der Waals surface area contributed by atoms with E-state index in [2.05, 4.69) is 36.2 Å². The minimum Gasteiger partial charge on any atom is -0.358 e. The lowest BCUT2D eigenvalue weighted by molar-refractivity contribution is -0.127. The lowest BCUT2D eigenvalue weighted by Gasteiger charge is -2.08. The summed E-state index contributed by atoms with van der Waals surface area (Å²) in [5.41, 5.74) is 3.67. The van der Waals surface area contributed by atoms with E-state index in [9.17, 15) is 22.8 Å². The minimum absolute atomic E-state index is 0.0906. The zero-order chi connectivity index (χ0) is 24.3. The van der Waals surface area contributed by atoms with Gasteiger partial charge >= 0.3 is 6.18 Å². The van der Waals surface area contributed by atoms with Crippen LogP contribution < -0.4 is 5.48 Å². The van der Waals surface area contributed by atoms with E-state index in [0.717, 1.165) is 5.39 Å². The van der Waals surface area contributed by atoms with Crippen molar-refractivity contribution in [2.24, 2.45) is 4.99 Å². The number of nitrogens with zero attached hydrogens (tertiary/aromatic N) is 3. The second kappa shape index (κ2) is 10.2. The van der Waals surface area contributed by atoms with Crippen LogP contribution in [-0.4, -0.2) is 38.3 Å². The van der Waals surface area contributed by atoms with E-state index in [-0.39, 0.29) is 26.7 Å². The van der Waals surface area contributed by atoms with Crippen molar-refractivity contribution < 1.29 is 27.4 Å². The summed E-state index contributed by atoms with van der Waals surface area (Å²) in [5, 5.41) is 18.1. The molecule has 0 bridgehead atoms. The van der Waals surface area contributed by atoms with Crippen LogP contribution in [0.1, 0.15) is 17.0 Å². The molecule has 2 heterocycles. The van der Waals surface area contributed by atoms with Crippen LogP contribution in [0.4, 0.5) is 23.2 Å². The molecule has 7 nitrogen and oxygen atoms in total. The molecule has 0 atom stereocenters. The summed E-state index contributed by atoms with van der Waals surface area (Å²) in [4.78, 5) is 7.06. The number of aromatic amines is 1. The van der Waals surface area contributed by atoms with Crippen LogP contribution in [0, 0.1) is 5.82 Å². The number of alkyl halides is 3. The Morgan fingerprint density at radius 3 is 2.74 bits per heavy atom. The Labute approximate surface area is 202 Å². The molecule has 13 heteroatoms. The van der Waals surface area contributed by atoms with Crippen molar-refractivity contribution in [3.8, 4) is 0 Å². The number of rotatable bonds is 7. The zero-order valence-corrected chi connectivity index (χ0v) is 19.6. The number of benzene rings is 2. The minimum atomic E-state index is -4.35. The predicted octanol–water partition coefficient (Wildman–Crippen LogP) is 5.95. The first kappa shape index (κ1) is 24.2. The molecule has 0 saturated carbocycles. The highest BCUT2D eigenvalue weighted by Gasteiger charge is 2.30. The predicted molar refractivity (Wildman–Crippen MR) is 122 cm³/mol. The fourth-order valence-electron chi connectivity index (χ4n) is 3.38. The second-order valence-electron chi connectivity index (χ2n) is 7.11. The number of nitrogens with one attached hydrogen (secondary N) is 2. The Bertz CT molecular complexity index is 1340. The molecule has 3 N–H and O–H groups in total. The van der Waals surface area contributed by atoms with Crippen LogP contribution >= 0.6 is 27.7 Å². The third-order valence-electron chi connectivity index (χ3n) is 4.80. The molecule has 4 aromatic rings. The van der Waals surface area contributed by atoms with Gasteiger partial charge in [-0.15, -0.1) is 11.8 Å². The first-order valence-corrected chi connectivity index (χ1v) is 11.6. The van der Waals surface area contributed by atoms with Crippen LogP contribution in [0.2, 0.25) is 0 Å². The van der Waals surface area contributed by atoms with Crippen molar-refractivity contribution in [2.75, 3.05) is 5.75 Å². The van der Waals surface area contributed by atoms with Gasteiger partial charge in [-0.1, -0.05) is 18.2 Å². The molecule has 0 amide bonds. The first-order valence-electron chi connectivity index (χ1n) is 9.80. The Kier molecular flexibility index (Phi) is 7.24. The number of fused-ring (bicyclic) bond motifs is 1. The van der Waals surface area contributed by atoms with Gasteiger partial charge in [-0.2, -0.15) is 13.2 Å². The van der Waals surface area contributed by atoms with Crippen molar-refractivity contribution in [1.29, 1.82) is 0 Å². The highest BCUT2D eigenvalue weighted by atomic mass is 79.9. The maximum Gasteiger partial charge on any atom is 0.394 e. The molecule has 2 aromatic carbocycles. The highest BCUT2D eigenvalue weighted by molar-refractivity contribution is 9.10. The smallest absolute Gasteiger partial charge is 0.358 e. The average molecular weight is 558 g/mol. The molecule has 0 saturated heterocycles. The highest BCUT2D eigenvalue weighted by Crippen LogP contribution is 2.31. The quantitative estimate of drug-likeness (QED) is 0.0853. The fraction of sp³-hybridized carbons (Fsp3) is 0.190. The van der Waals surface area contributed by atoms with E-state index in [4.69, 9.17) is 4.63 Å². The molecule has 4 rings (SSSR count). The van der Waals surface area contributed by atoms with E-state index in [1.54, 1.807) is 24.3 Å². The van der Waals surface area contributed by atoms with E-state index in [1.807, 2.05) is 5.48 Å². The molecular formula is C21H16BrF4N5O2S. The van der Waals surface area contributed by atoms with Crippen LogP contribution in [-0.2, 0) is 12.8 Å². The maximum absolute atomic E-state index is 13.5. The largest absolute Gasteiger partial charge is 0.394 e. The van der Waals surface area contributed by atoms with Crippen molar-refractivity contribution >= 4 is 50.1 Å². The molecule has 0 unspecified atom stereocenters. The number of hydrogen-bond acceptors (Lipinski definition) is 6. The summed E-state index contributed by atoms with van der Waals surface area (Å²) >= 11 is 4.25. The van der Waals surface area contributed by atoms with Gasteiger partial charge in [-0.3, -0.25) is 10.7 Å². The van der Waals surface area contributed by atoms with Gasteiger partial charge in [-0.05, 0) is 62.5 Å². The molecule has 0 spiro atoms. The first-order chi connectivity index (χ1) is 16.2. The van der Waals surface area contributed by atoms with E-state index in [1.165, 1.54) is 30.0 Å². The molecule has 178 valence electrons. The Morgan fingerprint density at radius 1 is 1.21 bits per heavy atom. The summed E-state index contributed by atoms with van der Waals surface area (Å²) in [5.74, 6) is -0.208. The molecule has 0 aliphatic rings. The number of hydroxylamine groups is 1. The zero-order valence-electron chi connectivity index (χ0n) is 17.2. The van der Waals surface area contributed by atoms with Gasteiger partial charge < -0.3 is 4.98 Å². The normalized spacial score (nSPS) is 12.5. The number of hydrogen-bond donors (Lipinski definition) is 3. The van der Waals surface area contributed by atoms with Crippen LogP contribution in [0.15, 0.2) is 61.6 Å². The van der Waals surface area contributed by atoms with Gasteiger partial charge in [0.05, 0.1) is 16.6 Å². The standard InChI is InChI=1S/C21H16BrF4N5O2S/c22-14-9-11(5-6-15(14)23)27-19(29-32)18-20(31-33-30-18)34-8-7-13-12-3-1-2-4-16(12)28-17(13)10-21(24,25)26/h1-6,9,28,32H,7-8,10H2,(H,27,29). The molecule has 0 fully saturated rings. The molecule has 34 heavy (non-hydrogen) atoms. The van der Waals surface area contributed by atoms with Crippen molar-refractivity contribution in [3.63, 3.8) is 0 Å². The number of aromatic nitrogens is 3. The van der Waals surface area contributed by atoms with Gasteiger partial charge in [0, 0.05) is 22.3 Å². The topological polar surface area (TPSA) is 99.3 Å². The van der Waals surface area contributed by atoms with Gasteiger partial charge in [0.1, 0.15) is 5.82 Å². The number of para-hydroxylation sites is 1. The number of thioether (sulfide) groups is 1. The summed E-state index contributed by atoms with van der Waals surface area (Å²) in [6, 6.07) is 11.0. The summed E-state index contributed by atoms with van der Waals surface area (Å²) in [6.07, 6.45) is -5.09. The Morgan fingerprint density at radius 2 is 2.00 bits per heavy atom. The summed E-state index contributed by atoms with van der Waals surface area (Å²) in [6.45, 7) is 0. The maximum atomic E-state index is 13.5. The number of H-pyrrole nitrogens is 1. The monoisotopic (exact) mass is 557 g/mol. The van der Waals surface area contributed by atoms with Gasteiger partial charge in [0.15, 0.2) is 16.6 Å². The van der Waals surface area contributed by atoms with E-state index in [0.29, 0.717) is 28.9 Å². The molecule has 0 aliphatic heterocycles. The van der Waals surface area contributed by atoms with Crippen LogP contribution in [0.5, 0.6) is 0 Å². The third kappa shape index (κ3) is 5.59. The van der Waals surface area contributed by atoms with E-state index >= 15 is 0 Å². The van der Waals surface area contributed by atoms with Crippen molar-refractivity contribution in [1.82, 2.24) is 20.8 Å². The summed E-state index contributed by atoms with van der Waals surface area (Å²) in [7, 11) is 0. The number of amidine groups is 1. The number of aliphatic imine (C=N–C) groups is 1. The Hall–Kier alpha value is -2.90. The SMILES string of the molecule is ONC(=Nc1ccc(F)c(Br)c1)c1nonc1SCCc1c(CC(F)(F)F)[nH]c2ccccc12. The molecule has 0 radical (unpaired) electrons. The van der Waals surface area contributed by atoms with Crippen molar-refractivity contribution in [2.45, 2.75) is 24.0 Å². The number of halogens is 5.